The summed E-state index contributed by atoms with van der Waals surface area (Å²) in [6, 6.07) is 0. The molecule has 0 spiro atoms. The highest BCUT2D eigenvalue weighted by atomic mass is 31.2. The number of carbonyl (C=O) groups excluding carboxylic acids is 2. The molecule has 0 radical (unpaired) electrons. The van der Waals surface area contributed by atoms with Crippen LogP contribution >= 0.6 is 7.82 Å². The molecular weight excluding hydrogens is 942 g/mol. The minimum absolute atomic E-state index is 0.0332. The molecule has 436 valence electrons. The van der Waals surface area contributed by atoms with Crippen molar-refractivity contribution in [1.29, 1.82) is 0 Å². The smallest absolute Gasteiger partial charge is 0.462 e. The molecule has 2 unspecified atom stereocenters. The van der Waals surface area contributed by atoms with Gasteiger partial charge in [-0.25, -0.2) is 4.57 Å². The Hall–Kier alpha value is -1.77. The minimum Gasteiger partial charge on any atom is -0.462 e. The first-order chi connectivity index (χ1) is 36.0. The quantitative estimate of drug-likeness (QED) is 0.0211. The Morgan fingerprint density at radius 3 is 1.08 bits per heavy atom. The summed E-state index contributed by atoms with van der Waals surface area (Å²) in [5.74, 6) is -0.783. The summed E-state index contributed by atoms with van der Waals surface area (Å²) in [7, 11) is 1.49. The van der Waals surface area contributed by atoms with E-state index in [4.69, 9.17) is 18.5 Å². The largest absolute Gasteiger partial charge is 0.472 e. The molecule has 10 heteroatoms. The van der Waals surface area contributed by atoms with E-state index in [0.29, 0.717) is 23.9 Å². The maximum Gasteiger partial charge on any atom is 0.472 e. The maximum atomic E-state index is 12.8. The van der Waals surface area contributed by atoms with E-state index in [1.54, 1.807) is 0 Å². The third-order valence-corrected chi connectivity index (χ3v) is 15.2. The van der Waals surface area contributed by atoms with Crippen LogP contribution < -0.4 is 0 Å². The second kappa shape index (κ2) is 56.0. The van der Waals surface area contributed by atoms with Crippen LogP contribution in [-0.4, -0.2) is 74.9 Å². The zero-order chi connectivity index (χ0) is 54.2. The van der Waals surface area contributed by atoms with Crippen LogP contribution in [0.1, 0.15) is 309 Å². The average Bonchev–Trinajstić information content (AvgIpc) is 3.36. The summed E-state index contributed by atoms with van der Waals surface area (Å²) in [6.07, 6.45) is 69.4. The highest BCUT2D eigenvalue weighted by Crippen LogP contribution is 2.43. The zero-order valence-corrected chi connectivity index (χ0v) is 50.5. The summed E-state index contributed by atoms with van der Waals surface area (Å²) >= 11 is 0. The van der Waals surface area contributed by atoms with Crippen LogP contribution in [0.2, 0.25) is 0 Å². The Kier molecular flexibility index (Phi) is 54.6. The first-order valence-corrected chi connectivity index (χ1v) is 33.2. The number of quaternary nitrogens is 1. The van der Waals surface area contributed by atoms with Crippen LogP contribution in [0, 0.1) is 0 Å². The number of allylic oxidation sites excluding steroid dienone is 6. The van der Waals surface area contributed by atoms with Crippen LogP contribution in [0.25, 0.3) is 0 Å². The number of carbonyl (C=O) groups is 2. The fourth-order valence-corrected chi connectivity index (χ4v) is 10.0. The Labute approximate surface area is 459 Å². The second-order valence-electron chi connectivity index (χ2n) is 22.8. The number of likely N-dealkylation sites (N-methyl/N-ethyl adjacent to an activating group) is 1. The second-order valence-corrected chi connectivity index (χ2v) is 24.3. The van der Waals surface area contributed by atoms with Crippen LogP contribution in [-0.2, 0) is 32.7 Å². The van der Waals surface area contributed by atoms with Gasteiger partial charge in [0.1, 0.15) is 19.8 Å². The molecular formula is C64H123NO8P+. The van der Waals surface area contributed by atoms with Gasteiger partial charge >= 0.3 is 19.8 Å². The van der Waals surface area contributed by atoms with E-state index >= 15 is 0 Å². The van der Waals surface area contributed by atoms with Gasteiger partial charge in [0, 0.05) is 12.8 Å². The van der Waals surface area contributed by atoms with E-state index in [1.807, 2.05) is 21.1 Å². The maximum absolute atomic E-state index is 12.8. The first-order valence-electron chi connectivity index (χ1n) is 31.7. The topological polar surface area (TPSA) is 108 Å². The molecule has 0 aromatic carbocycles. The molecule has 0 rings (SSSR count). The Morgan fingerprint density at radius 2 is 0.730 bits per heavy atom. The number of rotatable bonds is 59. The third-order valence-electron chi connectivity index (χ3n) is 14.2. The number of unbranched alkanes of at least 4 members (excludes halogenated alkanes) is 39. The minimum atomic E-state index is -4.39. The molecule has 2 atom stereocenters. The van der Waals surface area contributed by atoms with Crippen molar-refractivity contribution in [3.05, 3.63) is 36.5 Å². The average molecular weight is 1070 g/mol. The lowest BCUT2D eigenvalue weighted by atomic mass is 10.0. The molecule has 0 aliphatic carbocycles. The van der Waals surface area contributed by atoms with Gasteiger partial charge in [0.05, 0.1) is 27.7 Å². The van der Waals surface area contributed by atoms with E-state index in [2.05, 4.69) is 50.3 Å². The van der Waals surface area contributed by atoms with E-state index in [1.165, 1.54) is 231 Å². The summed E-state index contributed by atoms with van der Waals surface area (Å²) in [6.45, 7) is 4.48. The molecule has 0 amide bonds. The highest BCUT2D eigenvalue weighted by Gasteiger charge is 2.27. The first kappa shape index (κ1) is 72.2. The van der Waals surface area contributed by atoms with E-state index < -0.39 is 26.5 Å². The van der Waals surface area contributed by atoms with Crippen molar-refractivity contribution in [2.75, 3.05) is 47.5 Å². The monoisotopic (exact) mass is 1060 g/mol. The lowest BCUT2D eigenvalue weighted by Crippen LogP contribution is -2.37. The number of phosphoric acid groups is 1. The number of nitrogens with zero attached hydrogens (tertiary/aromatic N) is 1. The lowest BCUT2D eigenvalue weighted by Gasteiger charge is -2.24. The van der Waals surface area contributed by atoms with Gasteiger partial charge in [-0.2, -0.15) is 0 Å². The molecule has 9 nitrogen and oxygen atoms in total. The molecule has 0 aliphatic heterocycles. The van der Waals surface area contributed by atoms with Crippen molar-refractivity contribution < 1.29 is 42.1 Å². The highest BCUT2D eigenvalue weighted by molar-refractivity contribution is 7.47. The SMILES string of the molecule is CCCCCCC/C=C\C/C=C\C/C=C\CCCCCCCCCCCCCCC(=O)OC(COC(=O)CCCCCCCCCCCCCCCCCCCCCCCCC)COP(=O)(O)OCC[N+](C)(C)C. The van der Waals surface area contributed by atoms with Crippen LogP contribution in [0.15, 0.2) is 36.5 Å². The third kappa shape index (κ3) is 59.5. The molecule has 1 N–H and O–H groups in total. The van der Waals surface area contributed by atoms with Gasteiger partial charge in [0.25, 0.3) is 0 Å². The predicted molar refractivity (Wildman–Crippen MR) is 317 cm³/mol. The van der Waals surface area contributed by atoms with Crippen molar-refractivity contribution >= 4 is 19.8 Å². The fraction of sp³-hybridized carbons (Fsp3) is 0.875. The number of hydrogen-bond donors (Lipinski definition) is 1. The van der Waals surface area contributed by atoms with Gasteiger partial charge < -0.3 is 18.9 Å². The Bertz CT molecular complexity index is 1340. The molecule has 0 aromatic rings. The summed E-state index contributed by atoms with van der Waals surface area (Å²) in [5, 5.41) is 0. The van der Waals surface area contributed by atoms with E-state index in [9.17, 15) is 19.0 Å². The van der Waals surface area contributed by atoms with Crippen molar-refractivity contribution in [2.24, 2.45) is 0 Å². The number of phosphoric ester groups is 1. The van der Waals surface area contributed by atoms with Crippen molar-refractivity contribution in [3.8, 4) is 0 Å². The fourth-order valence-electron chi connectivity index (χ4n) is 9.26. The van der Waals surface area contributed by atoms with Gasteiger partial charge in [0.15, 0.2) is 6.10 Å². The molecule has 0 saturated heterocycles. The number of hydrogen-bond acceptors (Lipinski definition) is 7. The molecule has 0 aromatic heterocycles. The van der Waals surface area contributed by atoms with Crippen LogP contribution in [0.5, 0.6) is 0 Å². The lowest BCUT2D eigenvalue weighted by molar-refractivity contribution is -0.870. The van der Waals surface area contributed by atoms with Gasteiger partial charge in [-0.05, 0) is 51.4 Å². The van der Waals surface area contributed by atoms with Crippen LogP contribution in [0.3, 0.4) is 0 Å². The van der Waals surface area contributed by atoms with Crippen molar-refractivity contribution in [1.82, 2.24) is 0 Å². The summed E-state index contributed by atoms with van der Waals surface area (Å²) < 4.78 is 34.7. The molecule has 0 bridgehead atoms. The van der Waals surface area contributed by atoms with Crippen molar-refractivity contribution in [3.63, 3.8) is 0 Å². The van der Waals surface area contributed by atoms with Crippen LogP contribution in [0.4, 0.5) is 0 Å². The normalized spacial score (nSPS) is 13.4. The molecule has 0 saturated carbocycles. The number of esters is 2. The zero-order valence-electron chi connectivity index (χ0n) is 49.6. The van der Waals surface area contributed by atoms with Gasteiger partial charge in [-0.15, -0.1) is 0 Å². The molecule has 0 aliphatic rings. The van der Waals surface area contributed by atoms with Crippen molar-refractivity contribution in [2.45, 2.75) is 315 Å². The summed E-state index contributed by atoms with van der Waals surface area (Å²) in [5.41, 5.74) is 0. The van der Waals surface area contributed by atoms with Gasteiger partial charge in [-0.3, -0.25) is 18.6 Å². The van der Waals surface area contributed by atoms with E-state index in [0.717, 1.165) is 44.9 Å². The Balaban J connectivity index is 4.09. The number of ether oxygens (including phenoxy) is 2. The Morgan fingerprint density at radius 1 is 0.419 bits per heavy atom. The summed E-state index contributed by atoms with van der Waals surface area (Å²) in [4.78, 5) is 35.8. The standard InChI is InChI=1S/C64H122NO8P/c1-6-8-10-12-14-16-18-20-22-24-26-28-30-31-32-33-35-37-39-41-43-45-47-49-51-53-55-57-64(67)73-62(61-72-74(68,69)71-59-58-65(3,4)5)60-70-63(66)56-54-52-50-48-46-44-42-40-38-36-34-29-27-25-23-21-19-17-15-13-11-9-7-2/h18,20,24,26,30-31,62H,6-17,19,21-23,25,27-29,32-61H2,1-5H3/p+1/b20-18-,26-24-,31-30-. The van der Waals surface area contributed by atoms with Gasteiger partial charge in [0.2, 0.25) is 0 Å². The molecule has 0 fully saturated rings. The van der Waals surface area contributed by atoms with Gasteiger partial charge in [-0.1, -0.05) is 281 Å². The van der Waals surface area contributed by atoms with E-state index in [-0.39, 0.29) is 25.6 Å². The molecule has 0 heterocycles. The molecule has 74 heavy (non-hydrogen) atoms. The predicted octanol–water partition coefficient (Wildman–Crippen LogP) is 19.9.